The molecular formula is C16H15N3O3. The first-order valence-electron chi connectivity index (χ1n) is 6.70. The van der Waals surface area contributed by atoms with E-state index in [1.54, 1.807) is 18.2 Å². The van der Waals surface area contributed by atoms with Crippen LogP contribution in [0.1, 0.15) is 10.4 Å². The van der Waals surface area contributed by atoms with E-state index in [-0.39, 0.29) is 5.91 Å². The third kappa shape index (κ3) is 2.46. The molecule has 0 atom stereocenters. The fourth-order valence-corrected chi connectivity index (χ4v) is 2.26. The molecule has 0 aliphatic heterocycles. The molecule has 0 spiro atoms. The molecule has 2 aromatic carbocycles. The molecule has 6 nitrogen and oxygen atoms in total. The second kappa shape index (κ2) is 5.77. The van der Waals surface area contributed by atoms with Crippen molar-refractivity contribution in [1.82, 2.24) is 9.97 Å². The molecule has 3 rings (SSSR count). The molecule has 112 valence electrons. The number of methoxy groups -OCH3 is 2. The molecule has 0 unspecified atom stereocenters. The highest BCUT2D eigenvalue weighted by atomic mass is 16.5. The van der Waals surface area contributed by atoms with Gasteiger partial charge in [-0.1, -0.05) is 18.2 Å². The average Bonchev–Trinajstić information content (AvgIpc) is 2.95. The van der Waals surface area contributed by atoms with E-state index in [1.807, 2.05) is 24.3 Å². The SMILES string of the molecule is COc1cccc(OC)c1C(=O)Nc1nc2ccccc2[nH]1. The van der Waals surface area contributed by atoms with Gasteiger partial charge in [-0.2, -0.15) is 0 Å². The number of H-pyrrole nitrogens is 1. The van der Waals surface area contributed by atoms with Crippen molar-refractivity contribution in [2.24, 2.45) is 0 Å². The topological polar surface area (TPSA) is 76.2 Å². The lowest BCUT2D eigenvalue weighted by Gasteiger charge is -2.11. The Morgan fingerprint density at radius 1 is 1.05 bits per heavy atom. The number of rotatable bonds is 4. The van der Waals surface area contributed by atoms with Crippen LogP contribution in [-0.4, -0.2) is 30.1 Å². The smallest absolute Gasteiger partial charge is 0.265 e. The summed E-state index contributed by atoms with van der Waals surface area (Å²) in [7, 11) is 3.01. The summed E-state index contributed by atoms with van der Waals surface area (Å²) < 4.78 is 10.5. The van der Waals surface area contributed by atoms with Gasteiger partial charge in [-0.05, 0) is 24.3 Å². The van der Waals surface area contributed by atoms with E-state index in [2.05, 4.69) is 15.3 Å². The van der Waals surface area contributed by atoms with Crippen molar-refractivity contribution in [3.8, 4) is 11.5 Å². The quantitative estimate of drug-likeness (QED) is 0.776. The molecule has 1 heterocycles. The Labute approximate surface area is 127 Å². The summed E-state index contributed by atoms with van der Waals surface area (Å²) in [5.74, 6) is 0.897. The van der Waals surface area contributed by atoms with Gasteiger partial charge in [0.05, 0.1) is 25.3 Å². The number of nitrogens with zero attached hydrogens (tertiary/aromatic N) is 1. The number of para-hydroxylation sites is 2. The van der Waals surface area contributed by atoms with E-state index in [0.717, 1.165) is 11.0 Å². The van der Waals surface area contributed by atoms with Crippen molar-refractivity contribution in [2.75, 3.05) is 19.5 Å². The number of benzene rings is 2. The van der Waals surface area contributed by atoms with Crippen LogP contribution in [0.15, 0.2) is 42.5 Å². The van der Waals surface area contributed by atoms with Gasteiger partial charge >= 0.3 is 0 Å². The van der Waals surface area contributed by atoms with E-state index in [1.165, 1.54) is 14.2 Å². The van der Waals surface area contributed by atoms with Crippen molar-refractivity contribution in [2.45, 2.75) is 0 Å². The van der Waals surface area contributed by atoms with E-state index in [9.17, 15) is 4.79 Å². The molecule has 0 radical (unpaired) electrons. The zero-order valence-corrected chi connectivity index (χ0v) is 12.2. The van der Waals surface area contributed by atoms with Crippen LogP contribution in [0.25, 0.3) is 11.0 Å². The van der Waals surface area contributed by atoms with Crippen LogP contribution in [0.4, 0.5) is 5.95 Å². The largest absolute Gasteiger partial charge is 0.496 e. The summed E-state index contributed by atoms with van der Waals surface area (Å²) >= 11 is 0. The van der Waals surface area contributed by atoms with Crippen molar-refractivity contribution < 1.29 is 14.3 Å². The summed E-state index contributed by atoms with van der Waals surface area (Å²) in [6, 6.07) is 12.7. The number of ether oxygens (including phenoxy) is 2. The lowest BCUT2D eigenvalue weighted by atomic mass is 10.1. The molecule has 2 N–H and O–H groups in total. The first-order chi connectivity index (χ1) is 10.7. The van der Waals surface area contributed by atoms with Crippen molar-refractivity contribution >= 4 is 22.9 Å². The zero-order chi connectivity index (χ0) is 15.5. The van der Waals surface area contributed by atoms with Gasteiger partial charge < -0.3 is 14.5 Å². The summed E-state index contributed by atoms with van der Waals surface area (Å²) in [6.45, 7) is 0. The van der Waals surface area contributed by atoms with Crippen LogP contribution >= 0.6 is 0 Å². The fourth-order valence-electron chi connectivity index (χ4n) is 2.26. The average molecular weight is 297 g/mol. The lowest BCUT2D eigenvalue weighted by Crippen LogP contribution is -2.15. The number of fused-ring (bicyclic) bond motifs is 1. The third-order valence-electron chi connectivity index (χ3n) is 3.28. The van der Waals surface area contributed by atoms with Gasteiger partial charge in [-0.3, -0.25) is 10.1 Å². The van der Waals surface area contributed by atoms with Gasteiger partial charge in [0, 0.05) is 0 Å². The van der Waals surface area contributed by atoms with Crippen LogP contribution in [0, 0.1) is 0 Å². The van der Waals surface area contributed by atoms with Crippen LogP contribution in [0.5, 0.6) is 11.5 Å². The van der Waals surface area contributed by atoms with E-state index in [0.29, 0.717) is 23.0 Å². The molecule has 0 aliphatic carbocycles. The molecule has 0 aliphatic rings. The minimum atomic E-state index is -0.353. The maximum atomic E-state index is 12.5. The van der Waals surface area contributed by atoms with Gasteiger partial charge in [0.2, 0.25) is 5.95 Å². The summed E-state index contributed by atoms with van der Waals surface area (Å²) in [6.07, 6.45) is 0. The zero-order valence-electron chi connectivity index (χ0n) is 12.2. The van der Waals surface area contributed by atoms with E-state index in [4.69, 9.17) is 9.47 Å². The van der Waals surface area contributed by atoms with Crippen LogP contribution in [0.3, 0.4) is 0 Å². The molecule has 0 saturated heterocycles. The maximum Gasteiger partial charge on any atom is 0.265 e. The second-order valence-electron chi connectivity index (χ2n) is 4.59. The predicted molar refractivity (Wildman–Crippen MR) is 83.6 cm³/mol. The number of aromatic amines is 1. The summed E-state index contributed by atoms with van der Waals surface area (Å²) in [5, 5.41) is 2.73. The Bertz CT molecular complexity index is 771. The van der Waals surface area contributed by atoms with Crippen LogP contribution < -0.4 is 14.8 Å². The molecule has 0 fully saturated rings. The number of nitrogens with one attached hydrogen (secondary N) is 2. The Balaban J connectivity index is 1.94. The highest BCUT2D eigenvalue weighted by Gasteiger charge is 2.19. The van der Waals surface area contributed by atoms with Gasteiger partial charge in [0.1, 0.15) is 17.1 Å². The monoisotopic (exact) mass is 297 g/mol. The number of carbonyl (C=O) groups excluding carboxylic acids is 1. The maximum absolute atomic E-state index is 12.5. The lowest BCUT2D eigenvalue weighted by molar-refractivity contribution is 0.102. The number of carbonyl (C=O) groups is 1. The molecule has 0 bridgehead atoms. The third-order valence-corrected chi connectivity index (χ3v) is 3.28. The molecule has 22 heavy (non-hydrogen) atoms. The standard InChI is InChI=1S/C16H15N3O3/c1-21-12-8-5-9-13(22-2)14(12)15(20)19-16-17-10-6-3-4-7-11(10)18-16/h3-9H,1-2H3,(H2,17,18,19,20). The number of hydrogen-bond donors (Lipinski definition) is 2. The Hall–Kier alpha value is -3.02. The molecule has 1 amide bonds. The summed E-state index contributed by atoms with van der Waals surface area (Å²) in [5.41, 5.74) is 1.96. The van der Waals surface area contributed by atoms with Gasteiger partial charge in [0.15, 0.2) is 0 Å². The highest BCUT2D eigenvalue weighted by Crippen LogP contribution is 2.29. The van der Waals surface area contributed by atoms with Crippen LogP contribution in [-0.2, 0) is 0 Å². The highest BCUT2D eigenvalue weighted by molar-refractivity contribution is 6.07. The molecule has 6 heteroatoms. The number of imidazole rings is 1. The van der Waals surface area contributed by atoms with Crippen molar-refractivity contribution in [3.05, 3.63) is 48.0 Å². The summed E-state index contributed by atoms with van der Waals surface area (Å²) in [4.78, 5) is 19.9. The van der Waals surface area contributed by atoms with E-state index >= 15 is 0 Å². The minimum absolute atomic E-state index is 0.327. The normalized spacial score (nSPS) is 10.5. The molecule has 0 saturated carbocycles. The number of amides is 1. The van der Waals surface area contributed by atoms with Crippen molar-refractivity contribution in [1.29, 1.82) is 0 Å². The Morgan fingerprint density at radius 3 is 2.36 bits per heavy atom. The Morgan fingerprint density at radius 2 is 1.73 bits per heavy atom. The number of aromatic nitrogens is 2. The first kappa shape index (κ1) is 13.9. The minimum Gasteiger partial charge on any atom is -0.496 e. The molecule has 3 aromatic rings. The van der Waals surface area contributed by atoms with Crippen molar-refractivity contribution in [3.63, 3.8) is 0 Å². The Kier molecular flexibility index (Phi) is 3.65. The number of anilines is 1. The molecule has 1 aromatic heterocycles. The van der Waals surface area contributed by atoms with Gasteiger partial charge in [-0.15, -0.1) is 0 Å². The molecular weight excluding hydrogens is 282 g/mol. The first-order valence-corrected chi connectivity index (χ1v) is 6.70. The predicted octanol–water partition coefficient (Wildman–Crippen LogP) is 2.83. The van der Waals surface area contributed by atoms with Gasteiger partial charge in [-0.25, -0.2) is 4.98 Å². The van der Waals surface area contributed by atoms with E-state index < -0.39 is 0 Å². The number of hydrogen-bond acceptors (Lipinski definition) is 4. The fraction of sp³-hybridized carbons (Fsp3) is 0.125. The van der Waals surface area contributed by atoms with Crippen LogP contribution in [0.2, 0.25) is 0 Å². The van der Waals surface area contributed by atoms with Gasteiger partial charge in [0.25, 0.3) is 5.91 Å². The second-order valence-corrected chi connectivity index (χ2v) is 4.59.